The van der Waals surface area contributed by atoms with Gasteiger partial charge in [0.25, 0.3) is 0 Å². The Bertz CT molecular complexity index is 195. The molecule has 0 radical (unpaired) electrons. The van der Waals surface area contributed by atoms with Crippen LogP contribution in [0.5, 0.6) is 5.75 Å². The van der Waals surface area contributed by atoms with E-state index in [2.05, 4.69) is 0 Å². The number of rotatable bonds is 2. The van der Waals surface area contributed by atoms with Gasteiger partial charge in [-0.05, 0) is 39.9 Å². The minimum atomic E-state index is 0.839. The number of ether oxygens (including phenoxy) is 1. The summed E-state index contributed by atoms with van der Waals surface area (Å²) in [6.45, 7) is 0. The molecule has 0 spiro atoms. The molecule has 0 fully saturated rings. The van der Waals surface area contributed by atoms with Crippen LogP contribution in [0.25, 0.3) is 0 Å². The molecule has 1 rings (SSSR count). The molecule has 0 atom stereocenters. The Morgan fingerprint density at radius 3 is 2.90 bits per heavy atom. The van der Waals surface area contributed by atoms with E-state index in [0.717, 1.165) is 10.6 Å². The Morgan fingerprint density at radius 1 is 1.50 bits per heavy atom. The van der Waals surface area contributed by atoms with E-state index in [1.54, 1.807) is 7.11 Å². The van der Waals surface area contributed by atoms with E-state index in [9.17, 15) is 0 Å². The van der Waals surface area contributed by atoms with Crippen LogP contribution >= 0.6 is 21.7 Å². The first-order valence-corrected chi connectivity index (χ1v) is 4.43. The quantitative estimate of drug-likeness (QED) is 0.682. The molecule has 0 aliphatic carbocycles. The molecular weight excluding hydrogens is 168 g/mol. The Kier molecular flexibility index (Phi) is 2.90. The van der Waals surface area contributed by atoms with E-state index in [0.29, 0.717) is 0 Å². The van der Waals surface area contributed by atoms with Crippen LogP contribution in [0.2, 0.25) is 0 Å². The number of halogens is 1. The molecule has 0 N–H and O–H groups in total. The average molecular weight is 175 g/mol. The zero-order valence-corrected chi connectivity index (χ0v) is 7.08. The molecule has 0 saturated heterocycles. The molecule has 0 aliphatic heterocycles. The van der Waals surface area contributed by atoms with Gasteiger partial charge in [-0.2, -0.15) is 0 Å². The summed E-state index contributed by atoms with van der Waals surface area (Å²) in [4.78, 5) is 1.00. The van der Waals surface area contributed by atoms with Crippen molar-refractivity contribution in [3.05, 3.63) is 24.3 Å². The van der Waals surface area contributed by atoms with Crippen LogP contribution < -0.4 is 4.74 Å². The first-order chi connectivity index (χ1) is 4.86. The summed E-state index contributed by atoms with van der Waals surface area (Å²) in [6, 6.07) is 7.61. The van der Waals surface area contributed by atoms with E-state index < -0.39 is 0 Å². The number of methoxy groups -OCH3 is 1. The fourth-order valence-corrected chi connectivity index (χ4v) is 1.23. The van der Waals surface area contributed by atoms with Gasteiger partial charge in [0.2, 0.25) is 0 Å². The van der Waals surface area contributed by atoms with Gasteiger partial charge in [-0.3, -0.25) is 0 Å². The molecule has 1 nitrogen and oxygen atoms in total. The SMILES string of the molecule is COc1cccc(SCl)c1. The predicted octanol–water partition coefficient (Wildman–Crippen LogP) is 2.94. The summed E-state index contributed by atoms with van der Waals surface area (Å²) in [5, 5.41) is 0. The van der Waals surface area contributed by atoms with Crippen molar-refractivity contribution in [2.45, 2.75) is 4.90 Å². The molecule has 0 heterocycles. The van der Waals surface area contributed by atoms with Crippen molar-refractivity contribution >= 4 is 21.7 Å². The second-order valence-corrected chi connectivity index (χ2v) is 2.84. The van der Waals surface area contributed by atoms with Gasteiger partial charge in [0, 0.05) is 4.90 Å². The third-order valence-corrected chi connectivity index (χ3v) is 2.10. The second kappa shape index (κ2) is 3.74. The molecule has 0 amide bonds. The predicted molar refractivity (Wildman–Crippen MR) is 44.7 cm³/mol. The van der Waals surface area contributed by atoms with Crippen LogP contribution in [0.1, 0.15) is 0 Å². The van der Waals surface area contributed by atoms with Gasteiger partial charge in [-0.15, -0.1) is 0 Å². The maximum atomic E-state index is 5.52. The van der Waals surface area contributed by atoms with Crippen LogP contribution in [0.4, 0.5) is 0 Å². The smallest absolute Gasteiger partial charge is 0.120 e. The Hall–Kier alpha value is -0.340. The van der Waals surface area contributed by atoms with Gasteiger partial charge in [-0.1, -0.05) is 6.07 Å². The van der Waals surface area contributed by atoms with E-state index in [1.807, 2.05) is 24.3 Å². The van der Waals surface area contributed by atoms with E-state index in [-0.39, 0.29) is 0 Å². The third kappa shape index (κ3) is 1.82. The molecule has 0 aromatic heterocycles. The number of hydrogen-bond acceptors (Lipinski definition) is 2. The van der Waals surface area contributed by atoms with Crippen molar-refractivity contribution in [3.8, 4) is 5.75 Å². The first kappa shape index (κ1) is 7.76. The third-order valence-electron chi connectivity index (χ3n) is 1.13. The zero-order valence-electron chi connectivity index (χ0n) is 5.50. The molecule has 1 aromatic carbocycles. The standard InChI is InChI=1S/C7H7ClOS/c1-9-6-3-2-4-7(5-6)10-8/h2-5H,1H3. The molecule has 0 bridgehead atoms. The van der Waals surface area contributed by atoms with Crippen LogP contribution in [0.3, 0.4) is 0 Å². The van der Waals surface area contributed by atoms with Crippen LogP contribution in [-0.4, -0.2) is 7.11 Å². The topological polar surface area (TPSA) is 9.23 Å². The van der Waals surface area contributed by atoms with Crippen molar-refractivity contribution in [2.75, 3.05) is 7.11 Å². The Balaban J connectivity index is 2.87. The summed E-state index contributed by atoms with van der Waals surface area (Å²) >= 11 is 0. The second-order valence-electron chi connectivity index (χ2n) is 1.76. The van der Waals surface area contributed by atoms with Crippen molar-refractivity contribution < 1.29 is 4.74 Å². The van der Waals surface area contributed by atoms with Gasteiger partial charge in [0.15, 0.2) is 0 Å². The van der Waals surface area contributed by atoms with E-state index >= 15 is 0 Å². The number of hydrogen-bond donors (Lipinski definition) is 0. The van der Waals surface area contributed by atoms with Crippen LogP contribution in [0.15, 0.2) is 29.2 Å². The monoisotopic (exact) mass is 174 g/mol. The zero-order chi connectivity index (χ0) is 7.40. The summed E-state index contributed by atoms with van der Waals surface area (Å²) < 4.78 is 4.98. The highest BCUT2D eigenvalue weighted by Crippen LogP contribution is 2.25. The van der Waals surface area contributed by atoms with E-state index in [4.69, 9.17) is 15.4 Å². The lowest BCUT2D eigenvalue weighted by Gasteiger charge is -1.98. The lowest BCUT2D eigenvalue weighted by Crippen LogP contribution is -1.80. The minimum Gasteiger partial charge on any atom is -0.497 e. The van der Waals surface area contributed by atoms with Crippen molar-refractivity contribution in [1.82, 2.24) is 0 Å². The van der Waals surface area contributed by atoms with Gasteiger partial charge in [0.1, 0.15) is 5.75 Å². The van der Waals surface area contributed by atoms with Crippen LogP contribution in [-0.2, 0) is 0 Å². The highest BCUT2D eigenvalue weighted by Gasteiger charge is 1.92. The van der Waals surface area contributed by atoms with Crippen LogP contribution in [0, 0.1) is 0 Å². The van der Waals surface area contributed by atoms with Gasteiger partial charge >= 0.3 is 0 Å². The fraction of sp³-hybridized carbons (Fsp3) is 0.143. The summed E-state index contributed by atoms with van der Waals surface area (Å²) in [7, 11) is 8.34. The van der Waals surface area contributed by atoms with Crippen molar-refractivity contribution in [1.29, 1.82) is 0 Å². The van der Waals surface area contributed by atoms with Gasteiger partial charge in [-0.25, -0.2) is 0 Å². The largest absolute Gasteiger partial charge is 0.497 e. The highest BCUT2D eigenvalue weighted by atomic mass is 35.7. The molecule has 0 aliphatic rings. The molecule has 3 heteroatoms. The fourth-order valence-electron chi connectivity index (χ4n) is 0.649. The molecular formula is C7H7ClOS. The Morgan fingerprint density at radius 2 is 2.30 bits per heavy atom. The Labute approximate surface area is 68.8 Å². The van der Waals surface area contributed by atoms with Crippen molar-refractivity contribution in [2.24, 2.45) is 0 Å². The maximum Gasteiger partial charge on any atom is 0.120 e. The summed E-state index contributed by atoms with van der Waals surface area (Å²) in [6.07, 6.45) is 0. The first-order valence-electron chi connectivity index (χ1n) is 2.79. The normalized spacial score (nSPS) is 9.40. The molecule has 0 saturated carbocycles. The van der Waals surface area contributed by atoms with E-state index in [1.165, 1.54) is 11.0 Å². The molecule has 54 valence electrons. The molecule has 10 heavy (non-hydrogen) atoms. The average Bonchev–Trinajstić information content (AvgIpc) is 2.05. The lowest BCUT2D eigenvalue weighted by molar-refractivity contribution is 0.413. The summed E-state index contributed by atoms with van der Waals surface area (Å²) in [5.74, 6) is 0.839. The van der Waals surface area contributed by atoms with Gasteiger partial charge in [0.05, 0.1) is 7.11 Å². The van der Waals surface area contributed by atoms with Gasteiger partial charge < -0.3 is 4.74 Å². The van der Waals surface area contributed by atoms with Crippen molar-refractivity contribution in [3.63, 3.8) is 0 Å². The molecule has 1 aromatic rings. The lowest BCUT2D eigenvalue weighted by atomic mass is 10.3. The summed E-state index contributed by atoms with van der Waals surface area (Å²) in [5.41, 5.74) is 0. The minimum absolute atomic E-state index is 0.839. The molecule has 0 unspecified atom stereocenters. The number of benzene rings is 1. The highest BCUT2D eigenvalue weighted by molar-refractivity contribution is 8.21. The maximum absolute atomic E-state index is 5.52.